The first kappa shape index (κ1) is 14.7. The molecule has 98 valence electrons. The number of hydrogen-bond acceptors (Lipinski definition) is 5. The summed E-state index contributed by atoms with van der Waals surface area (Å²) in [5.41, 5.74) is 11.6. The van der Waals surface area contributed by atoms with Gasteiger partial charge in [0.05, 0.1) is 5.70 Å². The van der Waals surface area contributed by atoms with Crippen molar-refractivity contribution in [3.05, 3.63) is 10.9 Å². The highest BCUT2D eigenvalue weighted by molar-refractivity contribution is 8.13. The Morgan fingerprint density at radius 1 is 1.47 bits per heavy atom. The van der Waals surface area contributed by atoms with Gasteiger partial charge in [-0.15, -0.1) is 0 Å². The van der Waals surface area contributed by atoms with Crippen LogP contribution in [0.5, 0.6) is 0 Å². The molecule has 1 rings (SSSR count). The molecule has 1 unspecified atom stereocenters. The van der Waals surface area contributed by atoms with Crippen molar-refractivity contribution >= 4 is 28.5 Å². The lowest BCUT2D eigenvalue weighted by Gasteiger charge is -2.44. The fourth-order valence-corrected chi connectivity index (χ4v) is 2.50. The SMILES string of the molecule is CCCSC1=NC(Cl)=C(N)C(N)(C(C)(C)C)N1. The van der Waals surface area contributed by atoms with E-state index in [4.69, 9.17) is 23.1 Å². The van der Waals surface area contributed by atoms with E-state index in [9.17, 15) is 0 Å². The van der Waals surface area contributed by atoms with Crippen molar-refractivity contribution in [1.82, 2.24) is 5.32 Å². The number of rotatable bonds is 2. The molecule has 0 aliphatic carbocycles. The first-order chi connectivity index (χ1) is 7.72. The van der Waals surface area contributed by atoms with E-state index in [1.165, 1.54) is 0 Å². The molecule has 1 heterocycles. The van der Waals surface area contributed by atoms with Crippen molar-refractivity contribution in [2.75, 3.05) is 5.75 Å². The van der Waals surface area contributed by atoms with Crippen LogP contribution in [0.1, 0.15) is 34.1 Å². The van der Waals surface area contributed by atoms with E-state index in [0.29, 0.717) is 10.9 Å². The number of thioether (sulfide) groups is 1. The van der Waals surface area contributed by atoms with Crippen LogP contribution in [-0.4, -0.2) is 16.6 Å². The molecule has 0 aromatic rings. The largest absolute Gasteiger partial charge is 0.396 e. The monoisotopic (exact) mass is 276 g/mol. The molecule has 0 aromatic heterocycles. The van der Waals surface area contributed by atoms with E-state index in [2.05, 4.69) is 17.2 Å². The van der Waals surface area contributed by atoms with Crippen LogP contribution in [0.15, 0.2) is 15.8 Å². The molecular weight excluding hydrogens is 256 g/mol. The zero-order chi connectivity index (χ0) is 13.3. The normalized spacial score (nSPS) is 25.6. The Labute approximate surface area is 112 Å². The predicted octanol–water partition coefficient (Wildman–Crippen LogP) is 2.16. The summed E-state index contributed by atoms with van der Waals surface area (Å²) in [6.07, 6.45) is 1.06. The molecular formula is C11H21ClN4S. The molecule has 0 saturated heterocycles. The Bertz CT molecular complexity index is 359. The first-order valence-corrected chi connectivity index (χ1v) is 7.03. The number of nitrogens with two attached hydrogens (primary N) is 2. The highest BCUT2D eigenvalue weighted by Gasteiger charge is 2.44. The Balaban J connectivity index is 3.03. The maximum atomic E-state index is 6.36. The molecule has 0 aromatic carbocycles. The third-order valence-electron chi connectivity index (χ3n) is 2.78. The average Bonchev–Trinajstić information content (AvgIpc) is 2.21. The molecule has 0 bridgehead atoms. The number of hydrogen-bond donors (Lipinski definition) is 3. The van der Waals surface area contributed by atoms with Gasteiger partial charge in [-0.1, -0.05) is 51.1 Å². The summed E-state index contributed by atoms with van der Waals surface area (Å²) in [6.45, 7) is 8.17. The van der Waals surface area contributed by atoms with Crippen LogP contribution in [0.25, 0.3) is 0 Å². The minimum atomic E-state index is -0.859. The standard InChI is InChI=1S/C11H21ClN4S/c1-5-6-17-9-15-8(12)7(13)11(14,16-9)10(2,3)4/h5-6,13-14H2,1-4H3,(H,15,16). The fraction of sp³-hybridized carbons (Fsp3) is 0.727. The van der Waals surface area contributed by atoms with Gasteiger partial charge in [0, 0.05) is 11.2 Å². The topological polar surface area (TPSA) is 76.4 Å². The quantitative estimate of drug-likeness (QED) is 0.676. The molecule has 1 aliphatic rings. The summed E-state index contributed by atoms with van der Waals surface area (Å²) in [6, 6.07) is 0. The van der Waals surface area contributed by atoms with Gasteiger partial charge in [0.1, 0.15) is 5.66 Å². The van der Waals surface area contributed by atoms with Crippen molar-refractivity contribution in [3.63, 3.8) is 0 Å². The van der Waals surface area contributed by atoms with Crippen molar-refractivity contribution in [1.29, 1.82) is 0 Å². The van der Waals surface area contributed by atoms with Crippen molar-refractivity contribution < 1.29 is 0 Å². The number of halogens is 1. The highest BCUT2D eigenvalue weighted by atomic mass is 35.5. The van der Waals surface area contributed by atoms with Crippen LogP contribution in [-0.2, 0) is 0 Å². The van der Waals surface area contributed by atoms with E-state index in [1.807, 2.05) is 20.8 Å². The van der Waals surface area contributed by atoms with Crippen LogP contribution in [0.4, 0.5) is 0 Å². The third-order valence-corrected chi connectivity index (χ3v) is 4.14. The van der Waals surface area contributed by atoms with Crippen LogP contribution in [0.3, 0.4) is 0 Å². The molecule has 0 saturated carbocycles. The van der Waals surface area contributed by atoms with E-state index in [-0.39, 0.29) is 5.41 Å². The van der Waals surface area contributed by atoms with Gasteiger partial charge in [0.25, 0.3) is 0 Å². The Morgan fingerprint density at radius 3 is 2.53 bits per heavy atom. The molecule has 1 aliphatic heterocycles. The van der Waals surface area contributed by atoms with Crippen LogP contribution in [0.2, 0.25) is 0 Å². The predicted molar refractivity (Wildman–Crippen MR) is 76.8 cm³/mol. The molecule has 17 heavy (non-hydrogen) atoms. The van der Waals surface area contributed by atoms with E-state index >= 15 is 0 Å². The number of nitrogens with zero attached hydrogens (tertiary/aromatic N) is 1. The summed E-state index contributed by atoms with van der Waals surface area (Å²) in [5, 5.41) is 4.24. The fourth-order valence-electron chi connectivity index (χ4n) is 1.43. The molecule has 4 nitrogen and oxygen atoms in total. The second kappa shape index (κ2) is 5.08. The maximum absolute atomic E-state index is 6.36. The van der Waals surface area contributed by atoms with Gasteiger partial charge in [-0.25, -0.2) is 4.99 Å². The van der Waals surface area contributed by atoms with Gasteiger partial charge in [-0.3, -0.25) is 0 Å². The third kappa shape index (κ3) is 2.89. The molecule has 0 amide bonds. The summed E-state index contributed by atoms with van der Waals surface area (Å²) in [5.74, 6) is 0.968. The van der Waals surface area contributed by atoms with E-state index in [1.54, 1.807) is 11.8 Å². The van der Waals surface area contributed by atoms with E-state index < -0.39 is 5.66 Å². The van der Waals surface area contributed by atoms with Gasteiger partial charge >= 0.3 is 0 Å². The smallest absolute Gasteiger partial charge is 0.164 e. The lowest BCUT2D eigenvalue weighted by atomic mass is 9.79. The molecule has 0 fully saturated rings. The summed E-state index contributed by atoms with van der Waals surface area (Å²) < 4.78 is 0. The first-order valence-electron chi connectivity index (χ1n) is 5.66. The summed E-state index contributed by atoms with van der Waals surface area (Å²) in [7, 11) is 0. The second-order valence-electron chi connectivity index (χ2n) is 5.15. The zero-order valence-electron chi connectivity index (χ0n) is 10.8. The lowest BCUT2D eigenvalue weighted by Crippen LogP contribution is -2.67. The minimum absolute atomic E-state index is 0.259. The van der Waals surface area contributed by atoms with Crippen LogP contribution < -0.4 is 16.8 Å². The zero-order valence-corrected chi connectivity index (χ0v) is 12.4. The molecule has 6 heteroatoms. The van der Waals surface area contributed by atoms with Gasteiger partial charge in [-0.2, -0.15) is 0 Å². The van der Waals surface area contributed by atoms with Gasteiger partial charge in [0.15, 0.2) is 10.3 Å². The molecule has 5 N–H and O–H groups in total. The molecule has 0 spiro atoms. The van der Waals surface area contributed by atoms with E-state index in [0.717, 1.165) is 17.3 Å². The summed E-state index contributed by atoms with van der Waals surface area (Å²) in [4.78, 5) is 4.22. The Hall–Kier alpha value is -0.390. The maximum Gasteiger partial charge on any atom is 0.164 e. The number of amidine groups is 1. The number of nitrogens with one attached hydrogen (secondary N) is 1. The molecule has 0 radical (unpaired) electrons. The number of aliphatic imine (C=N–C) groups is 1. The van der Waals surface area contributed by atoms with Gasteiger partial charge < -0.3 is 16.8 Å². The average molecular weight is 277 g/mol. The van der Waals surface area contributed by atoms with Crippen LogP contribution in [0, 0.1) is 5.41 Å². The van der Waals surface area contributed by atoms with Gasteiger partial charge in [0.2, 0.25) is 0 Å². The lowest BCUT2D eigenvalue weighted by molar-refractivity contribution is 0.204. The second-order valence-corrected chi connectivity index (χ2v) is 6.59. The minimum Gasteiger partial charge on any atom is -0.396 e. The summed E-state index contributed by atoms with van der Waals surface area (Å²) >= 11 is 7.67. The Morgan fingerprint density at radius 2 is 2.06 bits per heavy atom. The van der Waals surface area contributed by atoms with Crippen molar-refractivity contribution in [2.45, 2.75) is 39.8 Å². The van der Waals surface area contributed by atoms with Crippen molar-refractivity contribution in [2.24, 2.45) is 21.9 Å². The highest BCUT2D eigenvalue weighted by Crippen LogP contribution is 2.35. The van der Waals surface area contributed by atoms with Crippen molar-refractivity contribution in [3.8, 4) is 0 Å². The molecule has 1 atom stereocenters. The van der Waals surface area contributed by atoms with Crippen LogP contribution >= 0.6 is 23.4 Å². The van der Waals surface area contributed by atoms with Gasteiger partial charge in [-0.05, 0) is 6.42 Å². The Kier molecular flexibility index (Phi) is 4.38.